The maximum atomic E-state index is 13.7. The van der Waals surface area contributed by atoms with Gasteiger partial charge in [-0.15, -0.1) is 20.4 Å². The second-order valence-corrected chi connectivity index (χ2v) is 12.9. The van der Waals surface area contributed by atoms with E-state index in [4.69, 9.17) is 11.5 Å². The first kappa shape index (κ1) is 44.5. The number of carbonyl (C=O) groups is 2. The van der Waals surface area contributed by atoms with Crippen LogP contribution in [0.15, 0.2) is 24.3 Å². The number of benzene rings is 2. The van der Waals surface area contributed by atoms with E-state index in [2.05, 4.69) is 20.4 Å². The van der Waals surface area contributed by atoms with E-state index in [-0.39, 0.29) is 95.2 Å². The molecule has 4 heterocycles. The van der Waals surface area contributed by atoms with Crippen LogP contribution < -0.4 is 11.5 Å². The molecule has 24 heteroatoms. The van der Waals surface area contributed by atoms with Gasteiger partial charge in [0.15, 0.2) is 34.9 Å². The Morgan fingerprint density at radius 1 is 0.561 bits per heavy atom. The Morgan fingerprint density at radius 2 is 0.895 bits per heavy atom. The second-order valence-electron chi connectivity index (χ2n) is 12.9. The van der Waals surface area contributed by atoms with Gasteiger partial charge in [-0.1, -0.05) is 7.43 Å². The van der Waals surface area contributed by atoms with Crippen molar-refractivity contribution in [1.29, 1.82) is 0 Å². The van der Waals surface area contributed by atoms with Crippen LogP contribution in [-0.2, 0) is 61.0 Å². The molecule has 0 radical (unpaired) electrons. The van der Waals surface area contributed by atoms with E-state index < -0.39 is 82.8 Å². The van der Waals surface area contributed by atoms with Crippen molar-refractivity contribution in [2.24, 2.45) is 11.5 Å². The van der Waals surface area contributed by atoms with Gasteiger partial charge in [0.05, 0.1) is 13.1 Å². The lowest BCUT2D eigenvalue weighted by Crippen LogP contribution is -2.42. The normalized spacial score (nSPS) is 15.2. The molecule has 0 spiro atoms. The van der Waals surface area contributed by atoms with Crippen LogP contribution in [-0.4, -0.2) is 76.3 Å². The molecular weight excluding hydrogens is 796 g/mol. The van der Waals surface area contributed by atoms with Crippen LogP contribution in [0.2, 0.25) is 0 Å². The van der Waals surface area contributed by atoms with E-state index in [1.165, 1.54) is 9.80 Å². The van der Waals surface area contributed by atoms with Gasteiger partial charge in [0.25, 0.3) is 0 Å². The number of amides is 2. The van der Waals surface area contributed by atoms with Crippen molar-refractivity contribution in [2.75, 3.05) is 13.1 Å². The van der Waals surface area contributed by atoms with E-state index in [0.29, 0.717) is 24.3 Å². The molecule has 0 fully saturated rings. The Kier molecular flexibility index (Phi) is 13.6. The maximum absolute atomic E-state index is 13.7. The third kappa shape index (κ3) is 10.6. The van der Waals surface area contributed by atoms with Crippen LogP contribution in [0.5, 0.6) is 0 Å². The van der Waals surface area contributed by atoms with Gasteiger partial charge in [0.1, 0.15) is 11.6 Å². The number of hydrogen-bond acceptors (Lipinski definition) is 8. The van der Waals surface area contributed by atoms with Crippen LogP contribution in [0.1, 0.15) is 54.7 Å². The number of nitrogens with zero attached hydrogens (tertiary/aromatic N) is 8. The van der Waals surface area contributed by atoms with E-state index in [1.807, 2.05) is 0 Å². The average Bonchev–Trinajstić information content (AvgIpc) is 3.74. The predicted octanol–water partition coefficient (Wildman–Crippen LogP) is 4.67. The summed E-state index contributed by atoms with van der Waals surface area (Å²) in [4.78, 5) is 27.3. The molecule has 0 saturated carbocycles. The number of rotatable bonds is 8. The van der Waals surface area contributed by atoms with Crippen molar-refractivity contribution in [2.45, 2.75) is 83.7 Å². The summed E-state index contributed by atoms with van der Waals surface area (Å²) in [6.45, 7) is -0.604. The van der Waals surface area contributed by atoms with Gasteiger partial charge < -0.3 is 30.4 Å². The fourth-order valence-corrected chi connectivity index (χ4v) is 6.02. The molecule has 4 N–H and O–H groups in total. The highest BCUT2D eigenvalue weighted by molar-refractivity contribution is 5.77. The monoisotopic (exact) mass is 830 g/mol. The van der Waals surface area contributed by atoms with E-state index >= 15 is 0 Å². The zero-order valence-corrected chi connectivity index (χ0v) is 28.6. The van der Waals surface area contributed by atoms with Crippen molar-refractivity contribution in [3.63, 3.8) is 0 Å². The Morgan fingerprint density at radius 3 is 1.23 bits per heavy atom. The summed E-state index contributed by atoms with van der Waals surface area (Å²) in [7, 11) is 0. The fraction of sp³-hybridized carbons (Fsp3) is 0.455. The quantitative estimate of drug-likeness (QED) is 0.192. The SMILES string of the molecule is C.N[C@H](CC(=O)N1CCn2c(nnc2C(F)(F)F)C1)Cc1cc(F)c(F)cc1F.N[C@H](CC(=O)N1CCn2c(nnc2C(F)(F)F)C1)Cc1cc(F)c(F)cc1F. The van der Waals surface area contributed by atoms with E-state index in [0.717, 1.165) is 9.13 Å². The largest absolute Gasteiger partial charge is 0.451 e. The fourth-order valence-electron chi connectivity index (χ4n) is 6.02. The van der Waals surface area contributed by atoms with Gasteiger partial charge in [0.2, 0.25) is 23.5 Å². The molecule has 2 aromatic heterocycles. The smallest absolute Gasteiger partial charge is 0.333 e. The topological polar surface area (TPSA) is 154 Å². The van der Waals surface area contributed by atoms with Crippen LogP contribution in [0.25, 0.3) is 0 Å². The second kappa shape index (κ2) is 17.5. The number of halogens is 12. The number of aromatic nitrogens is 6. The van der Waals surface area contributed by atoms with Crippen LogP contribution in [0.3, 0.4) is 0 Å². The summed E-state index contributed by atoms with van der Waals surface area (Å²) >= 11 is 0. The molecule has 12 nitrogen and oxygen atoms in total. The molecule has 2 aliphatic heterocycles. The summed E-state index contributed by atoms with van der Waals surface area (Å²) in [5.74, 6) is -10.3. The summed E-state index contributed by atoms with van der Waals surface area (Å²) in [5, 5.41) is 13.2. The third-order valence-corrected chi connectivity index (χ3v) is 8.74. The molecule has 2 aliphatic rings. The average molecular weight is 831 g/mol. The Hall–Kier alpha value is -5.26. The van der Waals surface area contributed by atoms with E-state index in [1.54, 1.807) is 0 Å². The highest BCUT2D eigenvalue weighted by Gasteiger charge is 2.41. The number of alkyl halides is 6. The first-order valence-corrected chi connectivity index (χ1v) is 16.4. The van der Waals surface area contributed by atoms with Gasteiger partial charge in [-0.25, -0.2) is 26.3 Å². The molecule has 0 bridgehead atoms. The molecule has 6 rings (SSSR count). The van der Waals surface area contributed by atoms with Crippen molar-refractivity contribution in [1.82, 2.24) is 39.3 Å². The molecule has 2 atom stereocenters. The van der Waals surface area contributed by atoms with Crippen LogP contribution in [0, 0.1) is 34.9 Å². The molecule has 4 aromatic rings. The number of hydrogen-bond donors (Lipinski definition) is 2. The molecule has 57 heavy (non-hydrogen) atoms. The summed E-state index contributed by atoms with van der Waals surface area (Å²) in [6, 6.07) is 0.368. The van der Waals surface area contributed by atoms with Crippen molar-refractivity contribution in [3.8, 4) is 0 Å². The maximum Gasteiger partial charge on any atom is 0.451 e. The molecule has 2 amide bonds. The Balaban J connectivity index is 0.000000248. The Labute approximate surface area is 315 Å². The minimum absolute atomic E-state index is 0. The van der Waals surface area contributed by atoms with Gasteiger partial charge in [-0.2, -0.15) is 26.3 Å². The standard InChI is InChI=1S/2C16H15F6N5O.CH4/c2*17-10-6-12(19)11(18)4-8(10)3-9(23)5-14(28)26-1-2-27-13(7-26)24-25-15(27)16(20,21)22;/h2*4,6,9H,1-3,5,7,23H2;1H4/t2*9-;/m00./s1. The van der Waals surface area contributed by atoms with Gasteiger partial charge in [-0.3, -0.25) is 9.59 Å². The molecule has 0 unspecified atom stereocenters. The zero-order chi connectivity index (χ0) is 41.3. The van der Waals surface area contributed by atoms with Crippen molar-refractivity contribution in [3.05, 3.63) is 93.6 Å². The summed E-state index contributed by atoms with van der Waals surface area (Å²) in [6.07, 6.45) is -10.2. The molecule has 312 valence electrons. The summed E-state index contributed by atoms with van der Waals surface area (Å²) < 4.78 is 159. The first-order chi connectivity index (χ1) is 26.1. The molecule has 0 saturated heterocycles. The van der Waals surface area contributed by atoms with Crippen molar-refractivity contribution < 1.29 is 62.3 Å². The van der Waals surface area contributed by atoms with Gasteiger partial charge in [0, 0.05) is 63.2 Å². The zero-order valence-electron chi connectivity index (χ0n) is 28.6. The highest BCUT2D eigenvalue weighted by Crippen LogP contribution is 2.31. The third-order valence-electron chi connectivity index (χ3n) is 8.74. The minimum atomic E-state index is -4.64. The lowest BCUT2D eigenvalue weighted by Gasteiger charge is -2.29. The highest BCUT2D eigenvalue weighted by atomic mass is 19.4. The Bertz CT molecular complexity index is 1940. The summed E-state index contributed by atoms with van der Waals surface area (Å²) in [5.41, 5.74) is 11.3. The lowest BCUT2D eigenvalue weighted by molar-refractivity contribution is -0.149. The first-order valence-electron chi connectivity index (χ1n) is 16.4. The number of fused-ring (bicyclic) bond motifs is 2. The van der Waals surface area contributed by atoms with Crippen LogP contribution in [0.4, 0.5) is 52.7 Å². The van der Waals surface area contributed by atoms with E-state index in [9.17, 15) is 62.3 Å². The molecular formula is C33H34F12N10O2. The van der Waals surface area contributed by atoms with Crippen LogP contribution >= 0.6 is 0 Å². The van der Waals surface area contributed by atoms with Crippen molar-refractivity contribution >= 4 is 11.8 Å². The number of carbonyl (C=O) groups excluding carboxylic acids is 2. The number of nitrogens with two attached hydrogens (primary N) is 2. The lowest BCUT2D eigenvalue weighted by atomic mass is 10.0. The van der Waals surface area contributed by atoms with Gasteiger partial charge >= 0.3 is 12.4 Å². The predicted molar refractivity (Wildman–Crippen MR) is 173 cm³/mol. The van der Waals surface area contributed by atoms with Gasteiger partial charge in [-0.05, 0) is 36.1 Å². The molecule has 2 aromatic carbocycles. The minimum Gasteiger partial charge on any atom is -0.333 e. The molecule has 0 aliphatic carbocycles.